The van der Waals surface area contributed by atoms with Crippen LogP contribution in [-0.2, 0) is 6.42 Å². The number of aromatic nitrogens is 1. The van der Waals surface area contributed by atoms with Crippen LogP contribution in [-0.4, -0.2) is 12.1 Å². The third kappa shape index (κ3) is 2.41. The molecule has 2 aromatic carbocycles. The molecule has 0 N–H and O–H groups in total. The molecule has 0 unspecified atom stereocenters. The zero-order valence-corrected chi connectivity index (χ0v) is 12.7. The van der Waals surface area contributed by atoms with Crippen LogP contribution in [0.15, 0.2) is 59.1 Å². The van der Waals surface area contributed by atoms with Crippen LogP contribution in [0.5, 0.6) is 5.88 Å². The zero-order valence-electron chi connectivity index (χ0n) is 11.1. The highest BCUT2D eigenvalue weighted by molar-refractivity contribution is 9.10. The molecule has 3 heteroatoms. The highest BCUT2D eigenvalue weighted by Gasteiger charge is 2.14. The van der Waals surface area contributed by atoms with Gasteiger partial charge < -0.3 is 4.74 Å². The van der Waals surface area contributed by atoms with Crippen molar-refractivity contribution in [3.63, 3.8) is 0 Å². The average Bonchev–Trinajstić information content (AvgIpc) is 2.51. The van der Waals surface area contributed by atoms with Gasteiger partial charge >= 0.3 is 0 Å². The van der Waals surface area contributed by atoms with Crippen molar-refractivity contribution in [3.05, 3.63) is 70.2 Å². The van der Waals surface area contributed by atoms with Crippen LogP contribution < -0.4 is 4.74 Å². The molecule has 0 fully saturated rings. The van der Waals surface area contributed by atoms with Gasteiger partial charge in [0.05, 0.1) is 12.6 Å². The number of hydrogen-bond donors (Lipinski definition) is 0. The number of fused-ring (bicyclic) bond motifs is 1. The third-order valence-corrected chi connectivity index (χ3v) is 4.21. The Kier molecular flexibility index (Phi) is 3.70. The Hall–Kier alpha value is -1.87. The van der Waals surface area contributed by atoms with E-state index in [1.165, 1.54) is 5.56 Å². The van der Waals surface area contributed by atoms with Gasteiger partial charge in [-0.15, -0.1) is 0 Å². The summed E-state index contributed by atoms with van der Waals surface area (Å²) in [7, 11) is 1.66. The number of ether oxygens (including phenoxy) is 1. The highest BCUT2D eigenvalue weighted by Crippen LogP contribution is 2.33. The van der Waals surface area contributed by atoms with Crippen molar-refractivity contribution in [2.45, 2.75) is 6.42 Å². The second-order valence-electron chi connectivity index (χ2n) is 4.59. The van der Waals surface area contributed by atoms with Gasteiger partial charge in [0.15, 0.2) is 0 Å². The van der Waals surface area contributed by atoms with Crippen molar-refractivity contribution in [2.75, 3.05) is 7.11 Å². The molecule has 20 heavy (non-hydrogen) atoms. The number of pyridine rings is 1. The van der Waals surface area contributed by atoms with Gasteiger partial charge in [-0.25, -0.2) is 4.98 Å². The van der Waals surface area contributed by atoms with E-state index >= 15 is 0 Å². The standard InChI is InChI=1S/C17H14BrNO/c1-20-17-14(11-12-7-3-2-4-8-12)16(18)13-9-5-6-10-15(13)19-17/h2-10H,11H2,1H3. The summed E-state index contributed by atoms with van der Waals surface area (Å²) in [6.07, 6.45) is 0.794. The predicted octanol–water partition coefficient (Wildman–Crippen LogP) is 4.60. The fourth-order valence-electron chi connectivity index (χ4n) is 2.31. The van der Waals surface area contributed by atoms with Crippen LogP contribution in [0.3, 0.4) is 0 Å². The van der Waals surface area contributed by atoms with Gasteiger partial charge in [0.2, 0.25) is 5.88 Å². The lowest BCUT2D eigenvalue weighted by atomic mass is 10.0. The van der Waals surface area contributed by atoms with Crippen LogP contribution >= 0.6 is 15.9 Å². The SMILES string of the molecule is COc1nc2ccccc2c(Br)c1Cc1ccccc1. The van der Waals surface area contributed by atoms with Crippen molar-refractivity contribution in [1.82, 2.24) is 4.98 Å². The smallest absolute Gasteiger partial charge is 0.218 e. The van der Waals surface area contributed by atoms with Crippen LogP contribution in [0.4, 0.5) is 0 Å². The summed E-state index contributed by atoms with van der Waals surface area (Å²) in [5.41, 5.74) is 3.26. The van der Waals surface area contributed by atoms with E-state index in [0.717, 1.165) is 27.4 Å². The molecule has 0 aliphatic heterocycles. The second kappa shape index (κ2) is 5.63. The van der Waals surface area contributed by atoms with Gasteiger partial charge in [-0.05, 0) is 27.6 Å². The lowest BCUT2D eigenvalue weighted by Gasteiger charge is -2.12. The molecule has 0 atom stereocenters. The summed E-state index contributed by atoms with van der Waals surface area (Å²) in [5.74, 6) is 0.680. The molecular weight excluding hydrogens is 314 g/mol. The fraction of sp³-hybridized carbons (Fsp3) is 0.118. The predicted molar refractivity (Wildman–Crippen MR) is 85.2 cm³/mol. The first-order valence-electron chi connectivity index (χ1n) is 6.44. The molecule has 1 heterocycles. The number of hydrogen-bond acceptors (Lipinski definition) is 2. The quantitative estimate of drug-likeness (QED) is 0.701. The Morgan fingerprint density at radius 3 is 2.45 bits per heavy atom. The molecule has 0 spiro atoms. The van der Waals surface area contributed by atoms with Gasteiger partial charge in [-0.1, -0.05) is 48.5 Å². The topological polar surface area (TPSA) is 22.1 Å². The summed E-state index contributed by atoms with van der Waals surface area (Å²) in [6.45, 7) is 0. The lowest BCUT2D eigenvalue weighted by molar-refractivity contribution is 0.395. The van der Waals surface area contributed by atoms with Crippen LogP contribution in [0.2, 0.25) is 0 Å². The molecule has 0 aliphatic rings. The maximum absolute atomic E-state index is 5.47. The summed E-state index contributed by atoms with van der Waals surface area (Å²) in [6, 6.07) is 18.4. The van der Waals surface area contributed by atoms with E-state index in [-0.39, 0.29) is 0 Å². The summed E-state index contributed by atoms with van der Waals surface area (Å²) >= 11 is 3.71. The van der Waals surface area contributed by atoms with Crippen LogP contribution in [0, 0.1) is 0 Å². The number of methoxy groups -OCH3 is 1. The number of para-hydroxylation sites is 1. The zero-order chi connectivity index (χ0) is 13.9. The molecule has 0 saturated heterocycles. The minimum Gasteiger partial charge on any atom is -0.481 e. The van der Waals surface area contributed by atoms with Crippen LogP contribution in [0.25, 0.3) is 10.9 Å². The van der Waals surface area contributed by atoms with Gasteiger partial charge in [0.1, 0.15) is 0 Å². The van der Waals surface area contributed by atoms with E-state index < -0.39 is 0 Å². The monoisotopic (exact) mass is 327 g/mol. The first-order chi connectivity index (χ1) is 9.79. The number of halogens is 1. The first-order valence-corrected chi connectivity index (χ1v) is 7.24. The fourth-order valence-corrected chi connectivity index (χ4v) is 2.96. The molecule has 3 aromatic rings. The lowest BCUT2D eigenvalue weighted by Crippen LogP contribution is -1.99. The molecule has 1 aromatic heterocycles. The van der Waals surface area contributed by atoms with Crippen molar-refractivity contribution >= 4 is 26.8 Å². The molecule has 3 rings (SSSR count). The second-order valence-corrected chi connectivity index (χ2v) is 5.39. The molecule has 0 saturated carbocycles. The van der Waals surface area contributed by atoms with Gasteiger partial charge in [-0.3, -0.25) is 0 Å². The average molecular weight is 328 g/mol. The third-order valence-electron chi connectivity index (χ3n) is 3.30. The Balaban J connectivity index is 2.16. The van der Waals surface area contributed by atoms with Crippen LogP contribution in [0.1, 0.15) is 11.1 Å². The highest BCUT2D eigenvalue weighted by atomic mass is 79.9. The summed E-state index contributed by atoms with van der Waals surface area (Å²) in [4.78, 5) is 4.60. The molecule has 0 radical (unpaired) electrons. The normalized spacial score (nSPS) is 10.7. The Bertz CT molecular complexity index is 741. The van der Waals surface area contributed by atoms with Gasteiger partial charge in [0, 0.05) is 21.8 Å². The number of nitrogens with zero attached hydrogens (tertiary/aromatic N) is 1. The molecule has 0 bridgehead atoms. The first kappa shape index (κ1) is 13.1. The van der Waals surface area contributed by atoms with E-state index in [0.29, 0.717) is 5.88 Å². The van der Waals surface area contributed by atoms with Gasteiger partial charge in [0.25, 0.3) is 0 Å². The maximum Gasteiger partial charge on any atom is 0.218 e. The van der Waals surface area contributed by atoms with Gasteiger partial charge in [-0.2, -0.15) is 0 Å². The summed E-state index contributed by atoms with van der Waals surface area (Å²) in [5, 5.41) is 1.11. The maximum atomic E-state index is 5.47. The van der Waals surface area contributed by atoms with Crippen molar-refractivity contribution in [3.8, 4) is 5.88 Å². The molecule has 0 aliphatic carbocycles. The van der Waals surface area contributed by atoms with E-state index in [2.05, 4.69) is 39.1 Å². The molecular formula is C17H14BrNO. The minimum atomic E-state index is 0.680. The molecule has 2 nitrogen and oxygen atoms in total. The Labute approximate surface area is 126 Å². The largest absolute Gasteiger partial charge is 0.481 e. The Morgan fingerprint density at radius 1 is 1.00 bits per heavy atom. The minimum absolute atomic E-state index is 0.680. The summed E-state index contributed by atoms with van der Waals surface area (Å²) < 4.78 is 6.52. The van der Waals surface area contributed by atoms with E-state index in [1.54, 1.807) is 7.11 Å². The van der Waals surface area contributed by atoms with Crippen molar-refractivity contribution in [1.29, 1.82) is 0 Å². The molecule has 0 amide bonds. The Morgan fingerprint density at radius 2 is 1.70 bits per heavy atom. The van der Waals surface area contributed by atoms with E-state index in [9.17, 15) is 0 Å². The van der Waals surface area contributed by atoms with E-state index in [1.807, 2.05) is 36.4 Å². The number of benzene rings is 2. The number of rotatable bonds is 3. The van der Waals surface area contributed by atoms with Crippen molar-refractivity contribution < 1.29 is 4.74 Å². The van der Waals surface area contributed by atoms with Crippen molar-refractivity contribution in [2.24, 2.45) is 0 Å². The molecule has 100 valence electrons. The van der Waals surface area contributed by atoms with E-state index in [4.69, 9.17) is 4.74 Å².